The smallest absolute Gasteiger partial charge is 0.416 e. The van der Waals surface area contributed by atoms with Gasteiger partial charge < -0.3 is 16.2 Å². The van der Waals surface area contributed by atoms with E-state index in [1.165, 1.54) is 6.07 Å². The molecule has 0 saturated heterocycles. The van der Waals surface area contributed by atoms with Gasteiger partial charge in [-0.15, -0.1) is 0 Å². The van der Waals surface area contributed by atoms with E-state index in [4.69, 9.17) is 5.73 Å². The maximum absolute atomic E-state index is 12.8. The molecule has 4 nitrogen and oxygen atoms in total. The van der Waals surface area contributed by atoms with Gasteiger partial charge in [-0.3, -0.25) is 0 Å². The Morgan fingerprint density at radius 2 is 2.00 bits per heavy atom. The summed E-state index contributed by atoms with van der Waals surface area (Å²) in [5.41, 5.74) is 3.77. The number of nitrogens with two attached hydrogens (primary N) is 1. The van der Waals surface area contributed by atoms with E-state index in [9.17, 15) is 23.1 Å². The van der Waals surface area contributed by atoms with E-state index in [1.807, 2.05) is 0 Å². The van der Waals surface area contributed by atoms with Crippen molar-refractivity contribution in [2.45, 2.75) is 50.4 Å². The van der Waals surface area contributed by atoms with Crippen LogP contribution in [0.1, 0.15) is 37.8 Å². The Balaban J connectivity index is 2.57. The van der Waals surface area contributed by atoms with Crippen molar-refractivity contribution >= 4 is 11.7 Å². The van der Waals surface area contributed by atoms with Gasteiger partial charge in [-0.25, -0.2) is 4.79 Å². The summed E-state index contributed by atoms with van der Waals surface area (Å²) in [7, 11) is 0. The van der Waals surface area contributed by atoms with E-state index in [-0.39, 0.29) is 12.8 Å². The van der Waals surface area contributed by atoms with Crippen molar-refractivity contribution in [3.8, 4) is 0 Å². The summed E-state index contributed by atoms with van der Waals surface area (Å²) in [6.45, 7) is 3.45. The number of carboxylic acids is 1. The Morgan fingerprint density at radius 3 is 2.45 bits per heavy atom. The zero-order valence-corrected chi connectivity index (χ0v) is 12.4. The summed E-state index contributed by atoms with van der Waals surface area (Å²) in [6.07, 6.45) is -3.80. The van der Waals surface area contributed by atoms with Gasteiger partial charge in [0.15, 0.2) is 5.54 Å². The van der Waals surface area contributed by atoms with Crippen molar-refractivity contribution in [3.05, 3.63) is 29.3 Å². The third-order valence-electron chi connectivity index (χ3n) is 4.66. The molecule has 4 N–H and O–H groups in total. The zero-order valence-electron chi connectivity index (χ0n) is 12.4. The molecule has 0 spiro atoms. The lowest BCUT2D eigenvalue weighted by Crippen LogP contribution is -2.71. The molecule has 1 aromatic rings. The molecule has 0 unspecified atom stereocenters. The first kappa shape index (κ1) is 16.6. The number of benzene rings is 1. The molecule has 2 rings (SSSR count). The van der Waals surface area contributed by atoms with Gasteiger partial charge >= 0.3 is 12.1 Å². The fourth-order valence-corrected chi connectivity index (χ4v) is 3.17. The quantitative estimate of drug-likeness (QED) is 0.801. The Hall–Kier alpha value is -1.76. The second-order valence-electron chi connectivity index (χ2n) is 5.75. The number of halogens is 3. The van der Waals surface area contributed by atoms with Crippen molar-refractivity contribution in [1.82, 2.24) is 0 Å². The minimum absolute atomic E-state index is 0.0793. The van der Waals surface area contributed by atoms with Crippen LogP contribution in [-0.4, -0.2) is 22.2 Å². The van der Waals surface area contributed by atoms with Crippen molar-refractivity contribution in [2.75, 3.05) is 5.32 Å². The Kier molecular flexibility index (Phi) is 3.89. The molecule has 2 atom stereocenters. The summed E-state index contributed by atoms with van der Waals surface area (Å²) < 4.78 is 38.5. The highest BCUT2D eigenvalue weighted by molar-refractivity contribution is 5.87. The number of anilines is 1. The molecule has 7 heteroatoms. The number of rotatable bonds is 3. The van der Waals surface area contributed by atoms with E-state index in [0.717, 1.165) is 12.1 Å². The van der Waals surface area contributed by atoms with Gasteiger partial charge in [0.25, 0.3) is 0 Å². The highest BCUT2D eigenvalue weighted by Crippen LogP contribution is 2.42. The predicted molar refractivity (Wildman–Crippen MR) is 76.6 cm³/mol. The van der Waals surface area contributed by atoms with Crippen molar-refractivity contribution in [3.63, 3.8) is 0 Å². The predicted octanol–water partition coefficient (Wildman–Crippen LogP) is 3.01. The molecule has 0 fully saturated rings. The topological polar surface area (TPSA) is 75.3 Å². The molecule has 0 radical (unpaired) electrons. The molecule has 0 saturated carbocycles. The van der Waals surface area contributed by atoms with Crippen LogP contribution >= 0.6 is 0 Å². The van der Waals surface area contributed by atoms with Crippen LogP contribution in [0.5, 0.6) is 0 Å². The fourth-order valence-electron chi connectivity index (χ4n) is 3.17. The lowest BCUT2D eigenvalue weighted by Gasteiger charge is -2.49. The maximum atomic E-state index is 12.8. The number of carboxylic acid groups (broad SMARTS) is 1. The summed E-state index contributed by atoms with van der Waals surface area (Å²) in [6, 6.07) is 3.27. The Labute approximate surface area is 126 Å². The maximum Gasteiger partial charge on any atom is 0.416 e. The number of carbonyl (C=O) groups is 1. The fraction of sp³-hybridized carbons (Fsp3) is 0.533. The third-order valence-corrected chi connectivity index (χ3v) is 4.66. The molecule has 0 amide bonds. The van der Waals surface area contributed by atoms with Gasteiger partial charge in [0.1, 0.15) is 0 Å². The van der Waals surface area contributed by atoms with Crippen molar-refractivity contribution in [2.24, 2.45) is 5.73 Å². The molecule has 1 aliphatic heterocycles. The van der Waals surface area contributed by atoms with E-state index in [2.05, 4.69) is 5.32 Å². The zero-order chi connectivity index (χ0) is 16.8. The van der Waals surface area contributed by atoms with Gasteiger partial charge in [-0.05, 0) is 43.0 Å². The molecule has 0 aromatic heterocycles. The molecular formula is C15H19F3N2O2. The SMILES string of the molecule is CC[C@]1(N)Cc2cc(C(F)(F)F)ccc2N[C@@]1(CC)C(=O)O. The highest BCUT2D eigenvalue weighted by Gasteiger charge is 2.55. The average molecular weight is 316 g/mol. The summed E-state index contributed by atoms with van der Waals surface area (Å²) in [5, 5.41) is 12.5. The van der Waals surface area contributed by atoms with Crippen LogP contribution in [-0.2, 0) is 17.4 Å². The first-order valence-corrected chi connectivity index (χ1v) is 7.10. The summed E-state index contributed by atoms with van der Waals surface area (Å²) in [5.74, 6) is -1.09. The minimum Gasteiger partial charge on any atom is -0.479 e. The van der Waals surface area contributed by atoms with E-state index in [0.29, 0.717) is 17.7 Å². The molecule has 1 aliphatic rings. The van der Waals surface area contributed by atoms with Crippen LogP contribution in [0.4, 0.5) is 18.9 Å². The van der Waals surface area contributed by atoms with Crippen LogP contribution < -0.4 is 11.1 Å². The van der Waals surface area contributed by atoms with Crippen LogP contribution in [0.2, 0.25) is 0 Å². The van der Waals surface area contributed by atoms with E-state index in [1.54, 1.807) is 13.8 Å². The van der Waals surface area contributed by atoms with Crippen LogP contribution in [0.15, 0.2) is 18.2 Å². The third kappa shape index (κ3) is 2.33. The highest BCUT2D eigenvalue weighted by atomic mass is 19.4. The van der Waals surface area contributed by atoms with Gasteiger partial charge in [0, 0.05) is 5.69 Å². The van der Waals surface area contributed by atoms with Gasteiger partial charge in [-0.1, -0.05) is 13.8 Å². The molecule has 1 heterocycles. The Bertz CT molecular complexity index is 603. The van der Waals surface area contributed by atoms with Crippen molar-refractivity contribution in [1.29, 1.82) is 0 Å². The first-order valence-electron chi connectivity index (χ1n) is 7.10. The molecule has 1 aromatic carbocycles. The van der Waals surface area contributed by atoms with Gasteiger partial charge in [0.2, 0.25) is 0 Å². The lowest BCUT2D eigenvalue weighted by molar-refractivity contribution is -0.145. The number of aliphatic carboxylic acids is 1. The lowest BCUT2D eigenvalue weighted by atomic mass is 9.67. The van der Waals surface area contributed by atoms with Crippen LogP contribution in [0.25, 0.3) is 0 Å². The second-order valence-corrected chi connectivity index (χ2v) is 5.75. The molecule has 122 valence electrons. The monoisotopic (exact) mass is 316 g/mol. The minimum atomic E-state index is -4.44. The number of hydrogen-bond donors (Lipinski definition) is 3. The summed E-state index contributed by atoms with van der Waals surface area (Å²) in [4.78, 5) is 11.8. The molecular weight excluding hydrogens is 297 g/mol. The molecule has 0 aliphatic carbocycles. The van der Waals surface area contributed by atoms with Gasteiger partial charge in [-0.2, -0.15) is 13.2 Å². The second kappa shape index (κ2) is 5.15. The van der Waals surface area contributed by atoms with Crippen LogP contribution in [0, 0.1) is 0 Å². The average Bonchev–Trinajstić information content (AvgIpc) is 2.44. The number of alkyl halides is 3. The largest absolute Gasteiger partial charge is 0.479 e. The standard InChI is InChI=1S/C15H19F3N2O2/c1-3-13(19)8-9-7-10(15(16,17)18)5-6-11(9)20-14(13,4-2)12(21)22/h5-7,20H,3-4,8,19H2,1-2H3,(H,21,22)/t13-,14-/m0/s1. The number of fused-ring (bicyclic) bond motifs is 1. The van der Waals surface area contributed by atoms with E-state index < -0.39 is 28.8 Å². The summed E-state index contributed by atoms with van der Waals surface area (Å²) >= 11 is 0. The number of nitrogens with one attached hydrogen (secondary N) is 1. The molecule has 0 bridgehead atoms. The molecule has 22 heavy (non-hydrogen) atoms. The van der Waals surface area contributed by atoms with Crippen molar-refractivity contribution < 1.29 is 23.1 Å². The number of hydrogen-bond acceptors (Lipinski definition) is 3. The normalized spacial score (nSPS) is 27.9. The van der Waals surface area contributed by atoms with Crippen LogP contribution in [0.3, 0.4) is 0 Å². The van der Waals surface area contributed by atoms with E-state index >= 15 is 0 Å². The Morgan fingerprint density at radius 1 is 1.36 bits per heavy atom. The first-order chi connectivity index (χ1) is 10.1. The van der Waals surface area contributed by atoms with Gasteiger partial charge in [0.05, 0.1) is 11.1 Å².